The summed E-state index contributed by atoms with van der Waals surface area (Å²) in [6.07, 6.45) is 1.79. The van der Waals surface area contributed by atoms with Crippen molar-refractivity contribution >= 4 is 33.5 Å². The van der Waals surface area contributed by atoms with E-state index in [0.717, 1.165) is 4.47 Å². The van der Waals surface area contributed by atoms with Crippen molar-refractivity contribution in [2.45, 2.75) is 13.5 Å². The van der Waals surface area contributed by atoms with Gasteiger partial charge in [0.2, 0.25) is 0 Å². The number of rotatable bonds is 6. The number of aromatic nitrogens is 1. The van der Waals surface area contributed by atoms with Gasteiger partial charge in [-0.05, 0) is 41.1 Å². The number of amides is 1. The van der Waals surface area contributed by atoms with Gasteiger partial charge in [-0.2, -0.15) is 0 Å². The lowest BCUT2D eigenvalue weighted by molar-refractivity contribution is 0.0696. The van der Waals surface area contributed by atoms with Gasteiger partial charge in [0.1, 0.15) is 5.69 Å². The molecule has 0 aliphatic carbocycles. The lowest BCUT2D eigenvalue weighted by atomic mass is 10.1. The summed E-state index contributed by atoms with van der Waals surface area (Å²) in [7, 11) is 2.81. The van der Waals surface area contributed by atoms with Crippen LogP contribution >= 0.6 is 15.9 Å². The third-order valence-corrected chi connectivity index (χ3v) is 3.84. The minimum Gasteiger partial charge on any atom is -0.493 e. The lowest BCUT2D eigenvalue weighted by Crippen LogP contribution is -2.17. The van der Waals surface area contributed by atoms with Crippen molar-refractivity contribution in [2.24, 2.45) is 0 Å². The molecule has 1 heterocycles. The first kappa shape index (κ1) is 17.9. The number of aryl methyl sites for hydroxylation is 1. The van der Waals surface area contributed by atoms with Crippen molar-refractivity contribution in [1.29, 1.82) is 0 Å². The number of carbonyl (C=O) groups excluding carboxylic acids is 1. The maximum atomic E-state index is 12.6. The second-order valence-electron chi connectivity index (χ2n) is 4.85. The van der Waals surface area contributed by atoms with Crippen molar-refractivity contribution < 1.29 is 24.2 Å². The predicted molar refractivity (Wildman–Crippen MR) is 92.3 cm³/mol. The highest BCUT2D eigenvalue weighted by Crippen LogP contribution is 2.37. The fraction of sp³-hybridized carbons (Fsp3) is 0.250. The van der Waals surface area contributed by atoms with Crippen LogP contribution in [0.4, 0.5) is 5.69 Å². The molecule has 0 bridgehead atoms. The van der Waals surface area contributed by atoms with E-state index in [9.17, 15) is 14.7 Å². The lowest BCUT2D eigenvalue weighted by Gasteiger charge is -2.15. The summed E-state index contributed by atoms with van der Waals surface area (Å²) in [4.78, 5) is 23.8. The van der Waals surface area contributed by atoms with E-state index < -0.39 is 5.97 Å². The van der Waals surface area contributed by atoms with E-state index in [0.29, 0.717) is 12.2 Å². The van der Waals surface area contributed by atoms with Crippen molar-refractivity contribution in [3.05, 3.63) is 40.1 Å². The van der Waals surface area contributed by atoms with Gasteiger partial charge in [0.15, 0.2) is 11.5 Å². The average Bonchev–Trinajstić information content (AvgIpc) is 2.94. The fourth-order valence-corrected chi connectivity index (χ4v) is 2.76. The molecule has 8 heteroatoms. The summed E-state index contributed by atoms with van der Waals surface area (Å²) < 4.78 is 12.9. The zero-order valence-corrected chi connectivity index (χ0v) is 15.0. The van der Waals surface area contributed by atoms with E-state index in [-0.39, 0.29) is 28.7 Å². The molecule has 1 amide bonds. The van der Waals surface area contributed by atoms with Gasteiger partial charge in [0, 0.05) is 17.2 Å². The molecule has 7 nitrogen and oxygen atoms in total. The number of anilines is 1. The number of nitrogens with one attached hydrogen (secondary N) is 1. The Morgan fingerprint density at radius 2 is 1.96 bits per heavy atom. The number of ether oxygens (including phenoxy) is 2. The van der Waals surface area contributed by atoms with Crippen LogP contribution in [0.2, 0.25) is 0 Å². The largest absolute Gasteiger partial charge is 0.493 e. The van der Waals surface area contributed by atoms with Gasteiger partial charge in [-0.15, -0.1) is 0 Å². The molecule has 0 unspecified atom stereocenters. The van der Waals surface area contributed by atoms with Crippen LogP contribution in [0.15, 0.2) is 28.9 Å². The fourth-order valence-electron chi connectivity index (χ4n) is 2.29. The molecule has 1 aromatic carbocycles. The molecule has 24 heavy (non-hydrogen) atoms. The zero-order chi connectivity index (χ0) is 17.9. The molecule has 0 aliphatic rings. The van der Waals surface area contributed by atoms with E-state index in [1.165, 1.54) is 26.4 Å². The molecule has 0 atom stereocenters. The number of benzene rings is 1. The molecule has 0 fully saturated rings. The number of aromatic carboxylic acids is 1. The first-order valence-electron chi connectivity index (χ1n) is 7.07. The summed E-state index contributed by atoms with van der Waals surface area (Å²) in [5, 5.41) is 11.9. The van der Waals surface area contributed by atoms with Crippen LogP contribution in [0.5, 0.6) is 11.5 Å². The zero-order valence-electron chi connectivity index (χ0n) is 13.4. The molecule has 0 saturated heterocycles. The van der Waals surface area contributed by atoms with Crippen molar-refractivity contribution in [1.82, 2.24) is 4.57 Å². The summed E-state index contributed by atoms with van der Waals surface area (Å²) in [5.41, 5.74) is 0.639. The quantitative estimate of drug-likeness (QED) is 0.781. The first-order chi connectivity index (χ1) is 11.4. The highest BCUT2D eigenvalue weighted by atomic mass is 79.9. The summed E-state index contributed by atoms with van der Waals surface area (Å²) in [5.74, 6) is -1.04. The van der Waals surface area contributed by atoms with Gasteiger partial charge >= 0.3 is 5.97 Å². The maximum Gasteiger partial charge on any atom is 0.335 e. The van der Waals surface area contributed by atoms with Crippen LogP contribution in [-0.2, 0) is 6.54 Å². The molecule has 2 rings (SSSR count). The number of nitrogens with zero attached hydrogens (tertiary/aromatic N) is 1. The van der Waals surface area contributed by atoms with Crippen LogP contribution in [0.3, 0.4) is 0 Å². The number of halogens is 1. The third kappa shape index (κ3) is 3.53. The monoisotopic (exact) mass is 396 g/mol. The summed E-state index contributed by atoms with van der Waals surface area (Å²) >= 11 is 3.34. The minimum atomic E-state index is -1.13. The highest BCUT2D eigenvalue weighted by molar-refractivity contribution is 9.10. The molecule has 128 valence electrons. The molecular formula is C16H17BrN2O5. The van der Waals surface area contributed by atoms with Gasteiger partial charge in [-0.1, -0.05) is 0 Å². The van der Waals surface area contributed by atoms with Crippen LogP contribution in [0, 0.1) is 0 Å². The van der Waals surface area contributed by atoms with Crippen LogP contribution in [-0.4, -0.2) is 35.8 Å². The van der Waals surface area contributed by atoms with Crippen LogP contribution < -0.4 is 14.8 Å². The summed E-state index contributed by atoms with van der Waals surface area (Å²) in [6.45, 7) is 2.53. The van der Waals surface area contributed by atoms with Crippen molar-refractivity contribution in [3.63, 3.8) is 0 Å². The molecule has 0 spiro atoms. The Labute approximate surface area is 147 Å². The Hall–Kier alpha value is -2.48. The second-order valence-corrected chi connectivity index (χ2v) is 5.76. The van der Waals surface area contributed by atoms with Gasteiger partial charge < -0.3 is 24.5 Å². The van der Waals surface area contributed by atoms with E-state index in [1.54, 1.807) is 16.8 Å². The van der Waals surface area contributed by atoms with Crippen molar-refractivity contribution in [2.75, 3.05) is 19.5 Å². The first-order valence-corrected chi connectivity index (χ1v) is 7.86. The Bertz CT molecular complexity index is 785. The van der Waals surface area contributed by atoms with Gasteiger partial charge in [-0.3, -0.25) is 4.79 Å². The van der Waals surface area contributed by atoms with Crippen LogP contribution in [0.1, 0.15) is 27.8 Å². The Morgan fingerprint density at radius 1 is 1.25 bits per heavy atom. The Kier molecular flexibility index (Phi) is 5.50. The van der Waals surface area contributed by atoms with Crippen LogP contribution in [0.25, 0.3) is 0 Å². The molecule has 0 radical (unpaired) electrons. The molecule has 1 aromatic heterocycles. The topological polar surface area (TPSA) is 89.8 Å². The molecule has 2 aromatic rings. The number of hydrogen-bond acceptors (Lipinski definition) is 4. The molecular weight excluding hydrogens is 380 g/mol. The number of hydrogen-bond donors (Lipinski definition) is 2. The highest BCUT2D eigenvalue weighted by Gasteiger charge is 2.19. The number of carbonyl (C=O) groups is 2. The van der Waals surface area contributed by atoms with E-state index in [1.807, 2.05) is 6.92 Å². The number of methoxy groups -OCH3 is 2. The smallest absolute Gasteiger partial charge is 0.335 e. The van der Waals surface area contributed by atoms with E-state index in [2.05, 4.69) is 21.2 Å². The minimum absolute atomic E-state index is 0.0185. The van der Waals surface area contributed by atoms with E-state index in [4.69, 9.17) is 9.47 Å². The second kappa shape index (κ2) is 7.39. The Balaban J connectivity index is 2.45. The molecule has 2 N–H and O–H groups in total. The maximum absolute atomic E-state index is 12.6. The Morgan fingerprint density at radius 3 is 2.50 bits per heavy atom. The molecule has 0 aliphatic heterocycles. The average molecular weight is 397 g/mol. The predicted octanol–water partition coefficient (Wildman–Crippen LogP) is 3.24. The third-order valence-electron chi connectivity index (χ3n) is 3.41. The van der Waals surface area contributed by atoms with Gasteiger partial charge in [-0.25, -0.2) is 4.79 Å². The standard InChI is InChI=1S/C16H17BrN2O5/c1-4-19-8-10(17)7-12(19)15(20)18-11-5-9(16(21)22)6-13(23-2)14(11)24-3/h5-8H,4H2,1-3H3,(H,18,20)(H,21,22). The number of carboxylic acids is 1. The van der Waals surface area contributed by atoms with Gasteiger partial charge in [0.25, 0.3) is 5.91 Å². The van der Waals surface area contributed by atoms with Gasteiger partial charge in [0.05, 0.1) is 25.5 Å². The summed E-state index contributed by atoms with van der Waals surface area (Å²) in [6, 6.07) is 4.35. The van der Waals surface area contributed by atoms with E-state index >= 15 is 0 Å². The molecule has 0 saturated carbocycles. The SMILES string of the molecule is CCn1cc(Br)cc1C(=O)Nc1cc(C(=O)O)cc(OC)c1OC. The van der Waals surface area contributed by atoms with Crippen molar-refractivity contribution in [3.8, 4) is 11.5 Å². The normalized spacial score (nSPS) is 10.3. The number of carboxylic acid groups (broad SMARTS) is 1.